The quantitative estimate of drug-likeness (QED) is 0.766. The van der Waals surface area contributed by atoms with Crippen molar-refractivity contribution in [2.75, 3.05) is 5.32 Å². The number of nitrogens with one attached hydrogen (secondary N) is 2. The van der Waals surface area contributed by atoms with Gasteiger partial charge in [-0.1, -0.05) is 19.1 Å². The van der Waals surface area contributed by atoms with Gasteiger partial charge in [-0.2, -0.15) is 5.26 Å². The number of carbonyl (C=O) groups is 2. The zero-order chi connectivity index (χ0) is 15.1. The second-order valence-electron chi connectivity index (χ2n) is 4.41. The van der Waals surface area contributed by atoms with Crippen molar-refractivity contribution in [3.63, 3.8) is 0 Å². The number of amides is 2. The fraction of sp³-hybridized carbons (Fsp3) is 0.357. The summed E-state index contributed by atoms with van der Waals surface area (Å²) in [6, 6.07) is 6.22. The van der Waals surface area contributed by atoms with Crippen LogP contribution in [0.3, 0.4) is 0 Å². The van der Waals surface area contributed by atoms with Crippen LogP contribution >= 0.6 is 0 Å². The Morgan fingerprint density at radius 2 is 2.15 bits per heavy atom. The monoisotopic (exact) mass is 275 g/mol. The number of carboxylic acid groups (broad SMARTS) is 1. The molecule has 2 amide bonds. The Morgan fingerprint density at radius 3 is 2.70 bits per heavy atom. The number of rotatable bonds is 5. The molecule has 1 unspecified atom stereocenters. The lowest BCUT2D eigenvalue weighted by molar-refractivity contribution is -0.137. The Labute approximate surface area is 117 Å². The van der Waals surface area contributed by atoms with E-state index >= 15 is 0 Å². The van der Waals surface area contributed by atoms with Gasteiger partial charge in [-0.15, -0.1) is 0 Å². The van der Waals surface area contributed by atoms with Crippen LogP contribution in [0.15, 0.2) is 18.2 Å². The molecule has 0 spiro atoms. The van der Waals surface area contributed by atoms with Crippen molar-refractivity contribution < 1.29 is 14.7 Å². The zero-order valence-corrected chi connectivity index (χ0v) is 11.4. The first kappa shape index (κ1) is 15.5. The summed E-state index contributed by atoms with van der Waals surface area (Å²) in [5, 5.41) is 22.9. The summed E-state index contributed by atoms with van der Waals surface area (Å²) in [4.78, 5) is 22.5. The van der Waals surface area contributed by atoms with Crippen LogP contribution in [0.1, 0.15) is 30.9 Å². The summed E-state index contributed by atoms with van der Waals surface area (Å²) in [7, 11) is 0. The van der Waals surface area contributed by atoms with Crippen LogP contribution in [-0.2, 0) is 4.79 Å². The van der Waals surface area contributed by atoms with Crippen LogP contribution in [0.4, 0.5) is 10.5 Å². The van der Waals surface area contributed by atoms with Gasteiger partial charge in [-0.3, -0.25) is 4.79 Å². The highest BCUT2D eigenvalue weighted by atomic mass is 16.4. The molecule has 20 heavy (non-hydrogen) atoms. The number of hydrogen-bond acceptors (Lipinski definition) is 3. The standard InChI is InChI=1S/C14H17N3O3/c1-3-10(7-13(18)19)16-14(20)17-12-6-4-5-9(2)11(12)8-15/h4-6,10H,3,7H2,1-2H3,(H,18,19)(H2,16,17,20). The lowest BCUT2D eigenvalue weighted by Crippen LogP contribution is -2.39. The molecule has 3 N–H and O–H groups in total. The van der Waals surface area contributed by atoms with E-state index in [0.717, 1.165) is 5.56 Å². The number of aryl methyl sites for hydroxylation is 1. The van der Waals surface area contributed by atoms with Gasteiger partial charge in [-0.25, -0.2) is 4.79 Å². The molecule has 0 saturated heterocycles. The summed E-state index contributed by atoms with van der Waals surface area (Å²) < 4.78 is 0. The minimum Gasteiger partial charge on any atom is -0.481 e. The van der Waals surface area contributed by atoms with E-state index in [-0.39, 0.29) is 6.42 Å². The van der Waals surface area contributed by atoms with E-state index in [0.29, 0.717) is 17.7 Å². The van der Waals surface area contributed by atoms with Gasteiger partial charge in [0.15, 0.2) is 0 Å². The second kappa shape index (κ2) is 7.14. The summed E-state index contributed by atoms with van der Waals surface area (Å²) in [6.45, 7) is 3.57. The summed E-state index contributed by atoms with van der Waals surface area (Å²) in [6.07, 6.45) is 0.376. The van der Waals surface area contributed by atoms with Crippen molar-refractivity contribution in [1.29, 1.82) is 5.26 Å². The number of nitriles is 1. The fourth-order valence-electron chi connectivity index (χ4n) is 1.77. The van der Waals surface area contributed by atoms with Gasteiger partial charge in [0.25, 0.3) is 0 Å². The topological polar surface area (TPSA) is 102 Å². The molecule has 1 rings (SSSR count). The van der Waals surface area contributed by atoms with Crippen LogP contribution < -0.4 is 10.6 Å². The van der Waals surface area contributed by atoms with Crippen molar-refractivity contribution in [1.82, 2.24) is 5.32 Å². The maximum absolute atomic E-state index is 11.8. The van der Waals surface area contributed by atoms with Gasteiger partial charge in [-0.05, 0) is 25.0 Å². The normalized spacial score (nSPS) is 11.2. The number of benzene rings is 1. The highest BCUT2D eigenvalue weighted by Gasteiger charge is 2.15. The minimum absolute atomic E-state index is 0.136. The SMILES string of the molecule is CCC(CC(=O)O)NC(=O)Nc1cccc(C)c1C#N. The number of aliphatic carboxylic acids is 1. The van der Waals surface area contributed by atoms with E-state index in [1.54, 1.807) is 32.0 Å². The molecule has 0 fully saturated rings. The third kappa shape index (κ3) is 4.28. The Hall–Kier alpha value is -2.55. The Bertz CT molecular complexity index is 549. The Balaban J connectivity index is 2.74. The average molecular weight is 275 g/mol. The molecule has 6 heteroatoms. The minimum atomic E-state index is -0.967. The predicted molar refractivity (Wildman–Crippen MR) is 74.4 cm³/mol. The molecule has 0 aliphatic rings. The number of anilines is 1. The number of hydrogen-bond donors (Lipinski definition) is 3. The molecule has 106 valence electrons. The van der Waals surface area contributed by atoms with Gasteiger partial charge in [0.2, 0.25) is 0 Å². The number of carboxylic acids is 1. The largest absolute Gasteiger partial charge is 0.481 e. The van der Waals surface area contributed by atoms with Crippen molar-refractivity contribution in [2.45, 2.75) is 32.7 Å². The lowest BCUT2D eigenvalue weighted by atomic mass is 10.1. The second-order valence-corrected chi connectivity index (χ2v) is 4.41. The molecule has 0 aliphatic carbocycles. The van der Waals surface area contributed by atoms with E-state index < -0.39 is 18.0 Å². The molecular formula is C14H17N3O3. The highest BCUT2D eigenvalue weighted by molar-refractivity contribution is 5.91. The van der Waals surface area contributed by atoms with E-state index in [2.05, 4.69) is 10.6 Å². The third-order valence-electron chi connectivity index (χ3n) is 2.88. The van der Waals surface area contributed by atoms with Gasteiger partial charge < -0.3 is 15.7 Å². The third-order valence-corrected chi connectivity index (χ3v) is 2.88. The Morgan fingerprint density at radius 1 is 1.45 bits per heavy atom. The molecule has 0 aliphatic heterocycles. The molecule has 1 aromatic carbocycles. The van der Waals surface area contributed by atoms with Gasteiger partial charge in [0.05, 0.1) is 17.7 Å². The van der Waals surface area contributed by atoms with Crippen LogP contribution in [0.2, 0.25) is 0 Å². The molecular weight excluding hydrogens is 258 g/mol. The molecule has 1 aromatic rings. The van der Waals surface area contributed by atoms with E-state index in [9.17, 15) is 9.59 Å². The molecule has 1 atom stereocenters. The highest BCUT2D eigenvalue weighted by Crippen LogP contribution is 2.18. The van der Waals surface area contributed by atoms with E-state index in [1.165, 1.54) is 0 Å². The van der Waals surface area contributed by atoms with Gasteiger partial charge >= 0.3 is 12.0 Å². The first-order chi connectivity index (χ1) is 9.47. The Kier molecular flexibility index (Phi) is 5.54. The van der Waals surface area contributed by atoms with Crippen molar-refractivity contribution in [3.05, 3.63) is 29.3 Å². The van der Waals surface area contributed by atoms with Crippen molar-refractivity contribution in [3.8, 4) is 6.07 Å². The van der Waals surface area contributed by atoms with E-state index in [4.69, 9.17) is 10.4 Å². The summed E-state index contributed by atoms with van der Waals surface area (Å²) in [5.41, 5.74) is 1.58. The first-order valence-electron chi connectivity index (χ1n) is 6.27. The average Bonchev–Trinajstić information content (AvgIpc) is 2.37. The number of nitrogens with zero attached hydrogens (tertiary/aromatic N) is 1. The maximum Gasteiger partial charge on any atom is 0.319 e. The lowest BCUT2D eigenvalue weighted by Gasteiger charge is -2.16. The fourth-order valence-corrected chi connectivity index (χ4v) is 1.77. The molecule has 0 aromatic heterocycles. The van der Waals surface area contributed by atoms with Crippen LogP contribution in [-0.4, -0.2) is 23.1 Å². The molecule has 0 heterocycles. The first-order valence-corrected chi connectivity index (χ1v) is 6.27. The smallest absolute Gasteiger partial charge is 0.319 e. The maximum atomic E-state index is 11.8. The predicted octanol–water partition coefficient (Wildman–Crippen LogP) is 2.24. The van der Waals surface area contributed by atoms with Crippen LogP contribution in [0.5, 0.6) is 0 Å². The van der Waals surface area contributed by atoms with E-state index in [1.807, 2.05) is 6.07 Å². The van der Waals surface area contributed by atoms with Crippen LogP contribution in [0, 0.1) is 18.3 Å². The zero-order valence-electron chi connectivity index (χ0n) is 11.4. The van der Waals surface area contributed by atoms with Crippen molar-refractivity contribution in [2.24, 2.45) is 0 Å². The van der Waals surface area contributed by atoms with Gasteiger partial charge in [0.1, 0.15) is 6.07 Å². The van der Waals surface area contributed by atoms with Crippen LogP contribution in [0.25, 0.3) is 0 Å². The summed E-state index contributed by atoms with van der Waals surface area (Å²) >= 11 is 0. The number of urea groups is 1. The van der Waals surface area contributed by atoms with Gasteiger partial charge in [0, 0.05) is 6.04 Å². The molecule has 6 nitrogen and oxygen atoms in total. The molecule has 0 radical (unpaired) electrons. The number of carbonyl (C=O) groups excluding carboxylic acids is 1. The molecule has 0 saturated carbocycles. The molecule has 0 bridgehead atoms. The van der Waals surface area contributed by atoms with Crippen molar-refractivity contribution >= 4 is 17.7 Å². The summed E-state index contributed by atoms with van der Waals surface area (Å²) in [5.74, 6) is -0.967.